The second kappa shape index (κ2) is 16.6. The largest absolute Gasteiger partial charge is 2.00 e. The van der Waals surface area contributed by atoms with Gasteiger partial charge in [-0.2, -0.15) is 0 Å². The fourth-order valence-corrected chi connectivity index (χ4v) is 1.73. The molecule has 0 heterocycles. The summed E-state index contributed by atoms with van der Waals surface area (Å²) in [6.45, 7) is -1.79. The molecule has 17 heteroatoms. The fourth-order valence-electron chi connectivity index (χ4n) is 1.73. The van der Waals surface area contributed by atoms with E-state index in [1.807, 2.05) is 0 Å². The molecule has 10 atom stereocenters. The molecular formula is C14H26MnO16. The molecule has 16 nitrogen and oxygen atoms in total. The Labute approximate surface area is 185 Å². The molecule has 0 saturated carbocycles. The molecule has 0 aromatic rings. The normalized spacial score (nSPS) is 20.8. The van der Waals surface area contributed by atoms with Crippen LogP contribution in [0.15, 0.2) is 0 Å². The van der Waals surface area contributed by atoms with Crippen molar-refractivity contribution in [2.75, 3.05) is 13.2 Å². The summed E-state index contributed by atoms with van der Waals surface area (Å²) in [5.74, 6) is -4.07. The molecule has 0 spiro atoms. The first kappa shape index (κ1) is 34.6. The number of carboxylic acids is 2. The summed E-state index contributed by atoms with van der Waals surface area (Å²) in [6, 6.07) is 0. The zero-order chi connectivity index (χ0) is 24.3. The van der Waals surface area contributed by atoms with Gasteiger partial charge in [0.15, 0.2) is 0 Å². The Bertz CT molecular complexity index is 465. The van der Waals surface area contributed by atoms with Gasteiger partial charge in [0.2, 0.25) is 0 Å². The Morgan fingerprint density at radius 3 is 0.903 bits per heavy atom. The van der Waals surface area contributed by atoms with Gasteiger partial charge in [0.25, 0.3) is 0 Å². The van der Waals surface area contributed by atoms with E-state index >= 15 is 0 Å². The Morgan fingerprint density at radius 2 is 0.742 bits per heavy atom. The molecule has 185 valence electrons. The maximum atomic E-state index is 10.1. The third-order valence-corrected chi connectivity index (χ3v) is 3.69. The van der Waals surface area contributed by atoms with Crippen molar-refractivity contribution in [3.8, 4) is 0 Å². The molecule has 12 N–H and O–H groups in total. The van der Waals surface area contributed by atoms with Crippen LogP contribution in [-0.4, -0.2) is 147 Å². The first-order valence-electron chi connectivity index (χ1n) is 8.09. The number of aliphatic hydroxyl groups is 12. The minimum atomic E-state index is -2.40. The van der Waals surface area contributed by atoms with Crippen molar-refractivity contribution in [2.24, 2.45) is 0 Å². The summed E-state index contributed by atoms with van der Waals surface area (Å²) in [7, 11) is 0. The van der Waals surface area contributed by atoms with Crippen LogP contribution in [0.4, 0.5) is 0 Å². The maximum absolute atomic E-state index is 10.1. The average molecular weight is 505 g/mol. The van der Waals surface area contributed by atoms with Gasteiger partial charge < -0.3 is 81.1 Å². The van der Waals surface area contributed by atoms with Gasteiger partial charge in [0, 0.05) is 0 Å². The van der Waals surface area contributed by atoms with Crippen LogP contribution >= 0.6 is 0 Å². The number of hydrogen-bond donors (Lipinski definition) is 12. The van der Waals surface area contributed by atoms with E-state index in [0.717, 1.165) is 0 Å². The Kier molecular flexibility index (Phi) is 18.5. The molecule has 0 rings (SSSR count). The quantitative estimate of drug-likeness (QED) is 0.109. The van der Waals surface area contributed by atoms with Crippen molar-refractivity contribution in [3.63, 3.8) is 0 Å². The maximum Gasteiger partial charge on any atom is 2.00 e. The number of aliphatic hydroxyl groups excluding tert-OH is 12. The number of carbonyl (C=O) groups is 2. The van der Waals surface area contributed by atoms with Crippen LogP contribution in [0.25, 0.3) is 0 Å². The molecule has 31 heavy (non-hydrogen) atoms. The topological polar surface area (TPSA) is 323 Å². The predicted octanol–water partition coefficient (Wildman–Crippen LogP) is -10.9. The predicted molar refractivity (Wildman–Crippen MR) is 84.3 cm³/mol. The number of rotatable bonds is 12. The molecule has 0 bridgehead atoms. The fraction of sp³-hybridized carbons (Fsp3) is 0.857. The standard InChI is InChI=1S/2C7H14O8.Mn/c2*8-1-2(9)3(10)4(11)5(12)6(13)7(14)15;/h2*2-6,8-13H,1H2,(H,14,15);/q;;+2/p-2/t2*2-,3+,4-,5-,6-;/m11./s1. The van der Waals surface area contributed by atoms with Gasteiger partial charge in [0.1, 0.15) is 61.0 Å². The van der Waals surface area contributed by atoms with E-state index < -0.39 is 86.2 Å². The summed E-state index contributed by atoms with van der Waals surface area (Å²) < 4.78 is 0. The molecule has 0 aliphatic carbocycles. The summed E-state index contributed by atoms with van der Waals surface area (Å²) in [6.07, 6.45) is -21.0. The van der Waals surface area contributed by atoms with Gasteiger partial charge in [-0.1, -0.05) is 0 Å². The first-order valence-corrected chi connectivity index (χ1v) is 8.09. The van der Waals surface area contributed by atoms with E-state index in [-0.39, 0.29) is 17.1 Å². The SMILES string of the molecule is O=C([O-])[C@H](O)[C@H](O)[C@H](O)[C@@H](O)[C@H](O)CO.O=C([O-])[C@H](O)[C@H](O)[C@H](O)[C@@H](O)[C@H](O)CO.[Mn+2]. The molecule has 0 aliphatic heterocycles. The number of carbonyl (C=O) groups excluding carboxylic acids is 2. The van der Waals surface area contributed by atoms with Gasteiger partial charge >= 0.3 is 17.1 Å². The molecule has 0 fully saturated rings. The molecule has 1 radical (unpaired) electrons. The van der Waals surface area contributed by atoms with Crippen LogP contribution in [0.1, 0.15) is 0 Å². The Hall–Kier alpha value is -1.02. The van der Waals surface area contributed by atoms with E-state index in [1.54, 1.807) is 0 Å². The van der Waals surface area contributed by atoms with Gasteiger partial charge in [-0.3, -0.25) is 0 Å². The summed E-state index contributed by atoms with van der Waals surface area (Å²) in [5, 5.41) is 126. The minimum Gasteiger partial charge on any atom is -0.547 e. The smallest absolute Gasteiger partial charge is 0.547 e. The average Bonchev–Trinajstić information content (AvgIpc) is 2.73. The molecule has 0 saturated heterocycles. The van der Waals surface area contributed by atoms with E-state index in [0.29, 0.717) is 0 Å². The summed E-state index contributed by atoms with van der Waals surface area (Å²) >= 11 is 0. The minimum absolute atomic E-state index is 0. The van der Waals surface area contributed by atoms with Crippen molar-refractivity contribution in [2.45, 2.75) is 61.0 Å². The van der Waals surface area contributed by atoms with Gasteiger partial charge in [-0.05, 0) is 0 Å². The van der Waals surface area contributed by atoms with E-state index in [4.69, 9.17) is 61.3 Å². The van der Waals surface area contributed by atoms with Crippen molar-refractivity contribution in [1.82, 2.24) is 0 Å². The van der Waals surface area contributed by atoms with Gasteiger partial charge in [0.05, 0.1) is 25.2 Å². The molecule has 0 aliphatic rings. The number of hydrogen-bond acceptors (Lipinski definition) is 16. The molecule has 0 aromatic heterocycles. The van der Waals surface area contributed by atoms with Crippen molar-refractivity contribution in [3.05, 3.63) is 0 Å². The molecule has 0 amide bonds. The van der Waals surface area contributed by atoms with Gasteiger partial charge in [-0.25, -0.2) is 0 Å². The zero-order valence-electron chi connectivity index (χ0n) is 15.6. The third kappa shape index (κ3) is 11.4. The van der Waals surface area contributed by atoms with Crippen molar-refractivity contribution in [1.29, 1.82) is 0 Å². The van der Waals surface area contributed by atoms with Crippen LogP contribution in [0.2, 0.25) is 0 Å². The summed E-state index contributed by atoms with van der Waals surface area (Å²) in [5.41, 5.74) is 0. The van der Waals surface area contributed by atoms with Crippen LogP contribution in [-0.2, 0) is 26.7 Å². The second-order valence-electron chi connectivity index (χ2n) is 5.97. The monoisotopic (exact) mass is 505 g/mol. The third-order valence-electron chi connectivity index (χ3n) is 3.69. The van der Waals surface area contributed by atoms with Crippen LogP contribution in [0, 0.1) is 0 Å². The van der Waals surface area contributed by atoms with E-state index in [9.17, 15) is 19.8 Å². The van der Waals surface area contributed by atoms with E-state index in [1.165, 1.54) is 0 Å². The second-order valence-corrected chi connectivity index (χ2v) is 5.97. The van der Waals surface area contributed by atoms with Crippen molar-refractivity contribution >= 4 is 11.9 Å². The van der Waals surface area contributed by atoms with E-state index in [2.05, 4.69) is 0 Å². The molecular weight excluding hydrogens is 479 g/mol. The van der Waals surface area contributed by atoms with Crippen LogP contribution in [0.3, 0.4) is 0 Å². The molecule has 0 aromatic carbocycles. The first-order chi connectivity index (χ1) is 13.6. The Morgan fingerprint density at radius 1 is 0.516 bits per heavy atom. The number of carboxylic acid groups (broad SMARTS) is 2. The molecule has 0 unspecified atom stereocenters. The van der Waals surface area contributed by atoms with Crippen LogP contribution < -0.4 is 10.2 Å². The zero-order valence-corrected chi connectivity index (χ0v) is 16.7. The summed E-state index contributed by atoms with van der Waals surface area (Å²) in [4.78, 5) is 20.2. The van der Waals surface area contributed by atoms with Gasteiger partial charge in [-0.15, -0.1) is 0 Å². The van der Waals surface area contributed by atoms with Crippen molar-refractivity contribution < 1.29 is 98.1 Å². The van der Waals surface area contributed by atoms with Crippen LogP contribution in [0.5, 0.6) is 0 Å². The number of aliphatic carboxylic acids is 2. The Balaban J connectivity index is -0.000000490.